The lowest BCUT2D eigenvalue weighted by Crippen LogP contribution is -2.38. The number of carbonyl (C=O) groups is 1. The number of aromatic carboxylic acids is 1. The summed E-state index contributed by atoms with van der Waals surface area (Å²) < 4.78 is 0. The number of rotatable bonds is 2. The summed E-state index contributed by atoms with van der Waals surface area (Å²) in [4.78, 5) is 11.0. The van der Waals surface area contributed by atoms with Crippen molar-refractivity contribution in [3.05, 3.63) is 34.9 Å². The molecule has 1 aliphatic rings. The number of aryl methyl sites for hydroxylation is 1. The van der Waals surface area contributed by atoms with Gasteiger partial charge in [0.2, 0.25) is 0 Å². The smallest absolute Gasteiger partial charge is 0.335 e. The second-order valence-corrected chi connectivity index (χ2v) is 5.70. The molecule has 1 unspecified atom stereocenters. The molecule has 1 aliphatic carbocycles. The van der Waals surface area contributed by atoms with Crippen LogP contribution in [0.25, 0.3) is 0 Å². The first-order valence-electron chi connectivity index (χ1n) is 6.00. The Kier molecular flexibility index (Phi) is 2.96. The zero-order valence-corrected chi connectivity index (χ0v) is 10.6. The second-order valence-electron chi connectivity index (χ2n) is 5.70. The van der Waals surface area contributed by atoms with Crippen molar-refractivity contribution in [1.82, 2.24) is 5.32 Å². The fourth-order valence-electron chi connectivity index (χ4n) is 2.41. The van der Waals surface area contributed by atoms with Crippen molar-refractivity contribution in [2.45, 2.75) is 45.2 Å². The Balaban J connectivity index is 2.29. The molecule has 1 aromatic carbocycles. The van der Waals surface area contributed by atoms with Crippen LogP contribution < -0.4 is 5.32 Å². The van der Waals surface area contributed by atoms with Gasteiger partial charge in [0.15, 0.2) is 0 Å². The summed E-state index contributed by atoms with van der Waals surface area (Å²) in [6, 6.07) is 5.74. The van der Waals surface area contributed by atoms with Crippen LogP contribution in [0.4, 0.5) is 0 Å². The lowest BCUT2D eigenvalue weighted by atomic mass is 10.0. The molecule has 0 aliphatic heterocycles. The van der Waals surface area contributed by atoms with Gasteiger partial charge in [-0.3, -0.25) is 0 Å². The van der Waals surface area contributed by atoms with Crippen molar-refractivity contribution in [3.8, 4) is 0 Å². The molecule has 0 bridgehead atoms. The first kappa shape index (κ1) is 12.1. The predicted molar refractivity (Wildman–Crippen MR) is 67.4 cm³/mol. The normalized spacial score (nSPS) is 19.1. The highest BCUT2D eigenvalue weighted by Gasteiger charge is 2.26. The molecule has 0 aromatic heterocycles. The molecule has 2 rings (SSSR count). The van der Waals surface area contributed by atoms with Crippen LogP contribution in [-0.2, 0) is 6.42 Å². The predicted octanol–water partition coefficient (Wildman–Crippen LogP) is 2.76. The fourth-order valence-corrected chi connectivity index (χ4v) is 2.41. The maximum Gasteiger partial charge on any atom is 0.335 e. The van der Waals surface area contributed by atoms with E-state index in [0.29, 0.717) is 5.56 Å². The largest absolute Gasteiger partial charge is 0.478 e. The Hall–Kier alpha value is -1.35. The van der Waals surface area contributed by atoms with E-state index in [-0.39, 0.29) is 11.6 Å². The van der Waals surface area contributed by atoms with E-state index >= 15 is 0 Å². The molecule has 92 valence electrons. The average Bonchev–Trinajstić information content (AvgIpc) is 2.58. The Morgan fingerprint density at radius 3 is 2.71 bits per heavy atom. The molecule has 0 fully saturated rings. The van der Waals surface area contributed by atoms with E-state index in [1.54, 1.807) is 6.07 Å². The fraction of sp³-hybridized carbons (Fsp3) is 0.500. The third-order valence-electron chi connectivity index (χ3n) is 3.08. The number of benzene rings is 1. The SMILES string of the molecule is CC(C)(C)NC1CCc2ccc(C(=O)O)cc21. The highest BCUT2D eigenvalue weighted by Crippen LogP contribution is 2.33. The average molecular weight is 233 g/mol. The van der Waals surface area contributed by atoms with E-state index < -0.39 is 5.97 Å². The number of nitrogens with one attached hydrogen (secondary N) is 1. The summed E-state index contributed by atoms with van der Waals surface area (Å²) in [5, 5.41) is 12.6. The van der Waals surface area contributed by atoms with Gasteiger partial charge in [-0.25, -0.2) is 4.79 Å². The molecule has 0 saturated carbocycles. The maximum atomic E-state index is 11.0. The van der Waals surface area contributed by atoms with Gasteiger partial charge >= 0.3 is 5.97 Å². The highest BCUT2D eigenvalue weighted by atomic mass is 16.4. The van der Waals surface area contributed by atoms with Crippen LogP contribution in [0.3, 0.4) is 0 Å². The number of hydrogen-bond donors (Lipinski definition) is 2. The van der Waals surface area contributed by atoms with E-state index in [9.17, 15) is 4.79 Å². The molecule has 3 nitrogen and oxygen atoms in total. The molecular weight excluding hydrogens is 214 g/mol. The van der Waals surface area contributed by atoms with Crippen LogP contribution >= 0.6 is 0 Å². The van der Waals surface area contributed by atoms with Crippen LogP contribution in [0.1, 0.15) is 54.7 Å². The molecule has 3 heteroatoms. The van der Waals surface area contributed by atoms with Crippen LogP contribution in [0.15, 0.2) is 18.2 Å². The minimum atomic E-state index is -0.853. The molecule has 0 radical (unpaired) electrons. The zero-order chi connectivity index (χ0) is 12.6. The van der Waals surface area contributed by atoms with E-state index in [2.05, 4.69) is 26.1 Å². The Morgan fingerprint density at radius 2 is 2.12 bits per heavy atom. The second kappa shape index (κ2) is 4.15. The molecule has 0 saturated heterocycles. The topological polar surface area (TPSA) is 49.3 Å². The summed E-state index contributed by atoms with van der Waals surface area (Å²) >= 11 is 0. The quantitative estimate of drug-likeness (QED) is 0.825. The third kappa shape index (κ3) is 2.67. The summed E-state index contributed by atoms with van der Waals surface area (Å²) in [5.74, 6) is -0.853. The Labute approximate surface area is 102 Å². The van der Waals surface area contributed by atoms with Gasteiger partial charge in [-0.1, -0.05) is 6.07 Å². The van der Waals surface area contributed by atoms with Crippen LogP contribution in [0.5, 0.6) is 0 Å². The molecule has 2 N–H and O–H groups in total. The van der Waals surface area contributed by atoms with Gasteiger partial charge in [0.25, 0.3) is 0 Å². The first-order chi connectivity index (χ1) is 7.87. The van der Waals surface area contributed by atoms with Crippen molar-refractivity contribution in [2.24, 2.45) is 0 Å². The standard InChI is InChI=1S/C14H19NO2/c1-14(2,3)15-12-7-6-9-4-5-10(13(16)17)8-11(9)12/h4-5,8,12,15H,6-7H2,1-3H3,(H,16,17). The number of fused-ring (bicyclic) bond motifs is 1. The number of carboxylic acids is 1. The van der Waals surface area contributed by atoms with Gasteiger partial charge in [-0.05, 0) is 56.9 Å². The lowest BCUT2D eigenvalue weighted by Gasteiger charge is -2.26. The number of carboxylic acid groups (broad SMARTS) is 1. The van der Waals surface area contributed by atoms with Gasteiger partial charge in [-0.2, -0.15) is 0 Å². The van der Waals surface area contributed by atoms with E-state index in [0.717, 1.165) is 18.4 Å². The third-order valence-corrected chi connectivity index (χ3v) is 3.08. The maximum absolute atomic E-state index is 11.0. The highest BCUT2D eigenvalue weighted by molar-refractivity contribution is 5.88. The molecule has 0 amide bonds. The number of hydrogen-bond acceptors (Lipinski definition) is 2. The van der Waals surface area contributed by atoms with Crippen LogP contribution in [0, 0.1) is 0 Å². The first-order valence-corrected chi connectivity index (χ1v) is 6.00. The van der Waals surface area contributed by atoms with Crippen molar-refractivity contribution in [3.63, 3.8) is 0 Å². The van der Waals surface area contributed by atoms with Gasteiger partial charge in [0.1, 0.15) is 0 Å². The molecule has 17 heavy (non-hydrogen) atoms. The van der Waals surface area contributed by atoms with Crippen molar-refractivity contribution < 1.29 is 9.90 Å². The Bertz CT molecular complexity index is 446. The zero-order valence-electron chi connectivity index (χ0n) is 10.6. The summed E-state index contributed by atoms with van der Waals surface area (Å²) in [7, 11) is 0. The van der Waals surface area contributed by atoms with E-state index in [1.807, 2.05) is 12.1 Å². The van der Waals surface area contributed by atoms with Crippen LogP contribution in [0.2, 0.25) is 0 Å². The molecule has 1 aromatic rings. The molecule has 0 spiro atoms. The minimum Gasteiger partial charge on any atom is -0.478 e. The van der Waals surface area contributed by atoms with Crippen molar-refractivity contribution in [2.75, 3.05) is 0 Å². The van der Waals surface area contributed by atoms with Crippen molar-refractivity contribution in [1.29, 1.82) is 0 Å². The lowest BCUT2D eigenvalue weighted by molar-refractivity contribution is 0.0697. The van der Waals surface area contributed by atoms with E-state index in [1.165, 1.54) is 5.56 Å². The molecule has 0 heterocycles. The van der Waals surface area contributed by atoms with Gasteiger partial charge in [0.05, 0.1) is 5.56 Å². The summed E-state index contributed by atoms with van der Waals surface area (Å²) in [5.41, 5.74) is 2.86. The van der Waals surface area contributed by atoms with E-state index in [4.69, 9.17) is 5.11 Å². The summed E-state index contributed by atoms with van der Waals surface area (Å²) in [6.07, 6.45) is 2.08. The monoisotopic (exact) mass is 233 g/mol. The minimum absolute atomic E-state index is 0.0471. The van der Waals surface area contributed by atoms with Crippen molar-refractivity contribution >= 4 is 5.97 Å². The van der Waals surface area contributed by atoms with Gasteiger partial charge in [0, 0.05) is 11.6 Å². The molecule has 1 atom stereocenters. The van der Waals surface area contributed by atoms with Crippen LogP contribution in [-0.4, -0.2) is 16.6 Å². The Morgan fingerprint density at radius 1 is 1.41 bits per heavy atom. The summed E-state index contributed by atoms with van der Waals surface area (Å²) in [6.45, 7) is 6.39. The van der Waals surface area contributed by atoms with Gasteiger partial charge in [-0.15, -0.1) is 0 Å². The molecular formula is C14H19NO2. The van der Waals surface area contributed by atoms with Gasteiger partial charge < -0.3 is 10.4 Å².